The molecule has 2 aromatic carbocycles. The van der Waals surface area contributed by atoms with E-state index in [1.165, 1.54) is 5.56 Å². The summed E-state index contributed by atoms with van der Waals surface area (Å²) in [4.78, 5) is 17.8. The minimum atomic E-state index is -0.114. The largest absolute Gasteiger partial charge is 0.454 e. The minimum absolute atomic E-state index is 0.114. The number of hydrogen-bond acceptors (Lipinski definition) is 5. The van der Waals surface area contributed by atoms with Crippen LogP contribution in [-0.4, -0.2) is 42.1 Å². The second kappa shape index (κ2) is 10.0. The number of H-pyrrole nitrogens is 1. The zero-order valence-electron chi connectivity index (χ0n) is 18.3. The zero-order chi connectivity index (χ0) is 22.5. The molecule has 0 bridgehead atoms. The third kappa shape index (κ3) is 5.03. The van der Waals surface area contributed by atoms with Gasteiger partial charge in [-0.3, -0.25) is 4.79 Å². The molecule has 8 heteroatoms. The van der Waals surface area contributed by atoms with Crippen molar-refractivity contribution in [2.24, 2.45) is 0 Å². The lowest BCUT2D eigenvalue weighted by Crippen LogP contribution is -2.41. The van der Waals surface area contributed by atoms with Crippen molar-refractivity contribution in [3.8, 4) is 11.5 Å². The van der Waals surface area contributed by atoms with E-state index in [4.69, 9.17) is 26.4 Å². The number of aromatic amines is 1. The Morgan fingerprint density at radius 2 is 1.94 bits per heavy atom. The van der Waals surface area contributed by atoms with Crippen LogP contribution in [0.4, 0.5) is 0 Å². The van der Waals surface area contributed by atoms with Crippen LogP contribution in [0.2, 0.25) is 0 Å². The van der Waals surface area contributed by atoms with Crippen molar-refractivity contribution < 1.29 is 14.2 Å². The highest BCUT2D eigenvalue weighted by Crippen LogP contribution is 2.33. The lowest BCUT2D eigenvalue weighted by Gasteiger charge is -2.26. The molecule has 0 amide bonds. The number of fused-ring (bicyclic) bond motifs is 2. The van der Waals surface area contributed by atoms with E-state index in [0.717, 1.165) is 34.4 Å². The van der Waals surface area contributed by atoms with Crippen molar-refractivity contribution in [2.45, 2.75) is 26.4 Å². The van der Waals surface area contributed by atoms with Gasteiger partial charge in [-0.2, -0.15) is 0 Å². The van der Waals surface area contributed by atoms with Crippen molar-refractivity contribution in [2.75, 3.05) is 27.1 Å². The number of nitrogens with zero attached hydrogens (tertiary/aromatic N) is 1. The molecule has 168 valence electrons. The summed E-state index contributed by atoms with van der Waals surface area (Å²) in [7, 11) is 1.65. The van der Waals surface area contributed by atoms with Gasteiger partial charge in [-0.25, -0.2) is 0 Å². The molecule has 3 aromatic rings. The number of pyridine rings is 1. The summed E-state index contributed by atoms with van der Waals surface area (Å²) in [6, 6.07) is 13.9. The normalized spacial score (nSPS) is 12.2. The van der Waals surface area contributed by atoms with Gasteiger partial charge in [0.05, 0.1) is 13.2 Å². The van der Waals surface area contributed by atoms with E-state index >= 15 is 0 Å². The second-order valence-corrected chi connectivity index (χ2v) is 8.05. The first-order chi connectivity index (χ1) is 15.6. The van der Waals surface area contributed by atoms with E-state index in [9.17, 15) is 4.79 Å². The van der Waals surface area contributed by atoms with E-state index in [2.05, 4.69) is 23.3 Å². The summed E-state index contributed by atoms with van der Waals surface area (Å²) in [5, 5.41) is 4.79. The number of thiocarbonyl (C=S) groups is 1. The van der Waals surface area contributed by atoms with Crippen LogP contribution in [-0.2, 0) is 24.2 Å². The molecule has 0 aliphatic carbocycles. The number of aryl methyl sites for hydroxylation is 1. The number of rotatable bonds is 8. The zero-order valence-corrected chi connectivity index (χ0v) is 19.1. The van der Waals surface area contributed by atoms with E-state index in [0.29, 0.717) is 36.9 Å². The van der Waals surface area contributed by atoms with Gasteiger partial charge < -0.3 is 29.4 Å². The molecule has 0 fully saturated rings. The van der Waals surface area contributed by atoms with Gasteiger partial charge in [0.2, 0.25) is 6.79 Å². The minimum Gasteiger partial charge on any atom is -0.454 e. The lowest BCUT2D eigenvalue weighted by molar-refractivity contribution is 0.174. The van der Waals surface area contributed by atoms with Crippen LogP contribution in [0.25, 0.3) is 10.9 Å². The molecule has 0 atom stereocenters. The molecule has 1 aromatic heterocycles. The van der Waals surface area contributed by atoms with Crippen LogP contribution in [0.1, 0.15) is 23.6 Å². The SMILES string of the molecule is CCc1ccc2[nH]c(=O)c(CN(Cc3ccc4c(c3)OCO4)C(=S)NCCOC)cc2c1. The summed E-state index contributed by atoms with van der Waals surface area (Å²) < 4.78 is 16.0. The van der Waals surface area contributed by atoms with Gasteiger partial charge in [0.15, 0.2) is 16.6 Å². The first-order valence-corrected chi connectivity index (χ1v) is 11.0. The smallest absolute Gasteiger partial charge is 0.253 e. The molecule has 0 spiro atoms. The number of nitrogens with one attached hydrogen (secondary N) is 2. The number of ether oxygens (including phenoxy) is 3. The topological polar surface area (TPSA) is 75.8 Å². The fourth-order valence-corrected chi connectivity index (χ4v) is 3.91. The maximum Gasteiger partial charge on any atom is 0.253 e. The Morgan fingerprint density at radius 1 is 1.12 bits per heavy atom. The number of methoxy groups -OCH3 is 1. The highest BCUT2D eigenvalue weighted by atomic mass is 32.1. The number of benzene rings is 2. The molecule has 0 radical (unpaired) electrons. The molecular formula is C24H27N3O4S. The highest BCUT2D eigenvalue weighted by Gasteiger charge is 2.17. The van der Waals surface area contributed by atoms with Crippen LogP contribution >= 0.6 is 12.2 Å². The van der Waals surface area contributed by atoms with E-state index < -0.39 is 0 Å². The van der Waals surface area contributed by atoms with Crippen molar-refractivity contribution in [3.05, 3.63) is 69.5 Å². The molecule has 2 N–H and O–H groups in total. The predicted molar refractivity (Wildman–Crippen MR) is 128 cm³/mol. The van der Waals surface area contributed by atoms with E-state index in [1.807, 2.05) is 41.3 Å². The number of hydrogen-bond donors (Lipinski definition) is 2. The fourth-order valence-electron chi connectivity index (χ4n) is 3.68. The molecule has 2 heterocycles. The van der Waals surface area contributed by atoms with Crippen molar-refractivity contribution >= 4 is 28.2 Å². The summed E-state index contributed by atoms with van der Waals surface area (Å²) >= 11 is 5.66. The first-order valence-electron chi connectivity index (χ1n) is 10.6. The van der Waals surface area contributed by atoms with Crippen molar-refractivity contribution in [3.63, 3.8) is 0 Å². The maximum atomic E-state index is 12.8. The van der Waals surface area contributed by atoms with Gasteiger partial charge in [0.25, 0.3) is 5.56 Å². The Bertz CT molecular complexity index is 1180. The Kier molecular flexibility index (Phi) is 6.92. The average Bonchev–Trinajstić information content (AvgIpc) is 3.26. The predicted octanol–water partition coefficient (Wildman–Crippen LogP) is 3.34. The lowest BCUT2D eigenvalue weighted by atomic mass is 10.1. The van der Waals surface area contributed by atoms with Crippen LogP contribution < -0.4 is 20.3 Å². The van der Waals surface area contributed by atoms with Crippen LogP contribution in [0.15, 0.2) is 47.3 Å². The molecule has 32 heavy (non-hydrogen) atoms. The molecule has 4 rings (SSSR count). The standard InChI is InChI=1S/C24H27N3O4S/c1-3-16-4-6-20-18(10-16)12-19(23(28)26-20)14-27(24(32)25-8-9-29-2)13-17-5-7-21-22(11-17)31-15-30-21/h4-7,10-12H,3,8-9,13-15H2,1-2H3,(H,25,32)(H,26,28). The molecule has 1 aliphatic heterocycles. The molecule has 0 saturated heterocycles. The quantitative estimate of drug-likeness (QED) is 0.400. The average molecular weight is 454 g/mol. The van der Waals surface area contributed by atoms with Crippen molar-refractivity contribution in [1.82, 2.24) is 15.2 Å². The van der Waals surface area contributed by atoms with Gasteiger partial charge in [-0.1, -0.05) is 19.1 Å². The van der Waals surface area contributed by atoms with Crippen LogP contribution in [0.5, 0.6) is 11.5 Å². The summed E-state index contributed by atoms with van der Waals surface area (Å²) in [6.45, 7) is 4.35. The van der Waals surface area contributed by atoms with E-state index in [1.54, 1.807) is 7.11 Å². The van der Waals surface area contributed by atoms with E-state index in [-0.39, 0.29) is 12.4 Å². The third-order valence-electron chi connectivity index (χ3n) is 5.44. The Hall–Kier alpha value is -3.10. The molecule has 0 saturated carbocycles. The monoisotopic (exact) mass is 453 g/mol. The summed E-state index contributed by atoms with van der Waals surface area (Å²) in [5.74, 6) is 1.45. The summed E-state index contributed by atoms with van der Waals surface area (Å²) in [6.07, 6.45) is 0.939. The fraction of sp³-hybridized carbons (Fsp3) is 0.333. The summed E-state index contributed by atoms with van der Waals surface area (Å²) in [5.41, 5.74) is 3.61. The van der Waals surface area contributed by atoms with Crippen molar-refractivity contribution in [1.29, 1.82) is 0 Å². The Morgan fingerprint density at radius 3 is 2.75 bits per heavy atom. The molecular weight excluding hydrogens is 426 g/mol. The molecule has 0 unspecified atom stereocenters. The maximum absolute atomic E-state index is 12.8. The second-order valence-electron chi connectivity index (χ2n) is 7.67. The van der Waals surface area contributed by atoms with Crippen LogP contribution in [0.3, 0.4) is 0 Å². The van der Waals surface area contributed by atoms with Crippen LogP contribution in [0, 0.1) is 0 Å². The Balaban J connectivity index is 1.61. The van der Waals surface area contributed by atoms with Gasteiger partial charge in [0.1, 0.15) is 0 Å². The highest BCUT2D eigenvalue weighted by molar-refractivity contribution is 7.80. The third-order valence-corrected chi connectivity index (χ3v) is 5.84. The Labute approximate surface area is 192 Å². The number of aromatic nitrogens is 1. The molecule has 7 nitrogen and oxygen atoms in total. The van der Waals surface area contributed by atoms with Gasteiger partial charge >= 0.3 is 0 Å². The van der Waals surface area contributed by atoms with Gasteiger partial charge in [-0.05, 0) is 65.5 Å². The van der Waals surface area contributed by atoms with Gasteiger partial charge in [-0.15, -0.1) is 0 Å². The first kappa shape index (κ1) is 22.1. The molecule has 1 aliphatic rings. The van der Waals surface area contributed by atoms with Gasteiger partial charge in [0, 0.05) is 31.3 Å².